The highest BCUT2D eigenvalue weighted by molar-refractivity contribution is 7.98. The van der Waals surface area contributed by atoms with Gasteiger partial charge >= 0.3 is 5.97 Å². The monoisotopic (exact) mass is 243 g/mol. The highest BCUT2D eigenvalue weighted by Gasteiger charge is 2.26. The molecule has 0 aliphatic carbocycles. The molecule has 0 saturated carbocycles. The van der Waals surface area contributed by atoms with Crippen LogP contribution in [-0.4, -0.2) is 22.4 Å². The molecule has 1 heterocycles. The van der Waals surface area contributed by atoms with Crippen molar-refractivity contribution in [3.8, 4) is 0 Å². The van der Waals surface area contributed by atoms with E-state index in [1.54, 1.807) is 24.9 Å². The Morgan fingerprint density at radius 2 is 2.44 bits per heavy atom. The maximum Gasteiger partial charge on any atom is 0.323 e. The lowest BCUT2D eigenvalue weighted by Crippen LogP contribution is -2.44. The molecule has 0 aliphatic rings. The third-order valence-corrected chi connectivity index (χ3v) is 3.36. The zero-order valence-corrected chi connectivity index (χ0v) is 10.1. The van der Waals surface area contributed by atoms with Gasteiger partial charge in [0.05, 0.1) is 12.0 Å². The minimum absolute atomic E-state index is 0.494. The lowest BCUT2D eigenvalue weighted by atomic mass is 9.98. The molecule has 4 nitrogen and oxygen atoms in total. The van der Waals surface area contributed by atoms with Gasteiger partial charge in [-0.2, -0.15) is 11.8 Å². The molecule has 0 fully saturated rings. The largest absolute Gasteiger partial charge is 0.480 e. The average Bonchev–Trinajstić information content (AvgIpc) is 2.69. The van der Waals surface area contributed by atoms with Crippen LogP contribution in [-0.2, 0) is 10.5 Å². The molecule has 1 unspecified atom stereocenters. The summed E-state index contributed by atoms with van der Waals surface area (Å²) in [6.45, 7) is 1.55. The van der Waals surface area contributed by atoms with Crippen LogP contribution in [0.1, 0.15) is 25.5 Å². The highest BCUT2D eigenvalue weighted by atomic mass is 32.2. The van der Waals surface area contributed by atoms with E-state index in [9.17, 15) is 4.79 Å². The molecule has 3 N–H and O–H groups in total. The first kappa shape index (κ1) is 13.1. The quantitative estimate of drug-likeness (QED) is 0.717. The van der Waals surface area contributed by atoms with Crippen LogP contribution in [0.4, 0.5) is 0 Å². The van der Waals surface area contributed by atoms with Crippen LogP contribution in [0.5, 0.6) is 0 Å². The molecule has 1 rings (SSSR count). The van der Waals surface area contributed by atoms with Gasteiger partial charge in [0.2, 0.25) is 0 Å². The Morgan fingerprint density at radius 1 is 1.69 bits per heavy atom. The first-order valence-corrected chi connectivity index (χ1v) is 6.30. The number of carbonyl (C=O) groups is 1. The van der Waals surface area contributed by atoms with Crippen LogP contribution >= 0.6 is 11.8 Å². The predicted octanol–water partition coefficient (Wildman–Crippen LogP) is 2.10. The minimum Gasteiger partial charge on any atom is -0.480 e. The van der Waals surface area contributed by atoms with Gasteiger partial charge in [0.25, 0.3) is 0 Å². The summed E-state index contributed by atoms with van der Waals surface area (Å²) < 4.78 is 5.18. The first-order valence-electron chi connectivity index (χ1n) is 5.15. The Balaban J connectivity index is 2.10. The summed E-state index contributed by atoms with van der Waals surface area (Å²) in [5, 5.41) is 8.80. The van der Waals surface area contributed by atoms with Gasteiger partial charge in [-0.15, -0.1) is 0 Å². The Morgan fingerprint density at radius 3 is 3.00 bits per heavy atom. The van der Waals surface area contributed by atoms with Crippen molar-refractivity contribution in [2.75, 3.05) is 5.75 Å². The van der Waals surface area contributed by atoms with Crippen molar-refractivity contribution in [1.82, 2.24) is 0 Å². The first-order chi connectivity index (χ1) is 7.52. The smallest absolute Gasteiger partial charge is 0.323 e. The molecule has 90 valence electrons. The molecule has 1 aromatic heterocycles. The topological polar surface area (TPSA) is 76.5 Å². The standard InChI is InChI=1S/C11H17NO3S/c1-11(12,10(13)14)5-3-7-16-8-9-4-2-6-15-9/h2,4,6H,3,5,7-8,12H2,1H3,(H,13,14). The van der Waals surface area contributed by atoms with Gasteiger partial charge in [-0.1, -0.05) is 0 Å². The van der Waals surface area contributed by atoms with E-state index in [-0.39, 0.29) is 0 Å². The lowest BCUT2D eigenvalue weighted by molar-refractivity contribution is -0.142. The molecule has 0 aromatic carbocycles. The molecule has 0 spiro atoms. The minimum atomic E-state index is -1.11. The molecule has 5 heteroatoms. The van der Waals surface area contributed by atoms with E-state index >= 15 is 0 Å². The normalized spacial score (nSPS) is 14.6. The zero-order valence-electron chi connectivity index (χ0n) is 9.31. The van der Waals surface area contributed by atoms with E-state index in [0.29, 0.717) is 6.42 Å². The molecule has 0 amide bonds. The third kappa shape index (κ3) is 4.28. The van der Waals surface area contributed by atoms with Gasteiger partial charge in [0.1, 0.15) is 11.3 Å². The number of hydrogen-bond acceptors (Lipinski definition) is 4. The van der Waals surface area contributed by atoms with Crippen molar-refractivity contribution >= 4 is 17.7 Å². The fraction of sp³-hybridized carbons (Fsp3) is 0.545. The van der Waals surface area contributed by atoms with Crippen LogP contribution < -0.4 is 5.73 Å². The molecular formula is C11H17NO3S. The second-order valence-electron chi connectivity index (χ2n) is 3.96. The molecule has 16 heavy (non-hydrogen) atoms. The van der Waals surface area contributed by atoms with E-state index in [4.69, 9.17) is 15.3 Å². The highest BCUT2D eigenvalue weighted by Crippen LogP contribution is 2.16. The number of thioether (sulfide) groups is 1. The van der Waals surface area contributed by atoms with Gasteiger partial charge in [0.15, 0.2) is 0 Å². The summed E-state index contributed by atoms with van der Waals surface area (Å²) in [6.07, 6.45) is 2.94. The second kappa shape index (κ2) is 5.96. The molecule has 0 saturated heterocycles. The van der Waals surface area contributed by atoms with Crippen molar-refractivity contribution in [1.29, 1.82) is 0 Å². The predicted molar refractivity (Wildman–Crippen MR) is 64.3 cm³/mol. The number of furan rings is 1. The summed E-state index contributed by atoms with van der Waals surface area (Å²) in [5.41, 5.74) is 4.50. The Kier molecular flexibility index (Phi) is 4.89. The maximum atomic E-state index is 10.7. The molecule has 0 aliphatic heterocycles. The lowest BCUT2D eigenvalue weighted by Gasteiger charge is -2.18. The maximum absolute atomic E-state index is 10.7. The van der Waals surface area contributed by atoms with E-state index in [2.05, 4.69) is 0 Å². The SMILES string of the molecule is CC(N)(CCCSCc1ccco1)C(=O)O. The van der Waals surface area contributed by atoms with Crippen LogP contribution in [0, 0.1) is 0 Å². The Bertz CT molecular complexity index is 322. The fourth-order valence-corrected chi connectivity index (χ4v) is 2.07. The Labute approximate surface area is 99.2 Å². The summed E-state index contributed by atoms with van der Waals surface area (Å²) in [4.78, 5) is 10.7. The summed E-state index contributed by atoms with van der Waals surface area (Å²) in [5.74, 6) is 1.71. The molecule has 1 atom stereocenters. The average molecular weight is 243 g/mol. The third-order valence-electron chi connectivity index (χ3n) is 2.30. The van der Waals surface area contributed by atoms with Crippen LogP contribution in [0.15, 0.2) is 22.8 Å². The number of rotatable bonds is 7. The zero-order chi connectivity index (χ0) is 12.0. The van der Waals surface area contributed by atoms with Gasteiger partial charge < -0.3 is 15.3 Å². The van der Waals surface area contributed by atoms with Crippen molar-refractivity contribution in [2.24, 2.45) is 5.73 Å². The number of carboxylic acids is 1. The van der Waals surface area contributed by atoms with Gasteiger partial charge in [-0.3, -0.25) is 4.79 Å². The fourth-order valence-electron chi connectivity index (χ4n) is 1.22. The molecule has 0 radical (unpaired) electrons. The van der Waals surface area contributed by atoms with Gasteiger partial charge in [-0.25, -0.2) is 0 Å². The molecule has 0 bridgehead atoms. The number of aliphatic carboxylic acids is 1. The van der Waals surface area contributed by atoms with Crippen molar-refractivity contribution < 1.29 is 14.3 Å². The number of hydrogen-bond donors (Lipinski definition) is 2. The molecular weight excluding hydrogens is 226 g/mol. The summed E-state index contributed by atoms with van der Waals surface area (Å²) >= 11 is 1.72. The van der Waals surface area contributed by atoms with Gasteiger partial charge in [0, 0.05) is 0 Å². The van der Waals surface area contributed by atoms with Crippen LogP contribution in [0.3, 0.4) is 0 Å². The Hall–Kier alpha value is -0.940. The van der Waals surface area contributed by atoms with E-state index in [1.165, 1.54) is 0 Å². The van der Waals surface area contributed by atoms with Gasteiger partial charge in [-0.05, 0) is 37.7 Å². The van der Waals surface area contributed by atoms with E-state index < -0.39 is 11.5 Å². The summed E-state index contributed by atoms with van der Waals surface area (Å²) in [7, 11) is 0. The number of carboxylic acid groups (broad SMARTS) is 1. The number of nitrogens with two attached hydrogens (primary N) is 1. The van der Waals surface area contributed by atoms with Crippen molar-refractivity contribution in [3.05, 3.63) is 24.2 Å². The van der Waals surface area contributed by atoms with Crippen LogP contribution in [0.25, 0.3) is 0 Å². The van der Waals surface area contributed by atoms with Crippen LogP contribution in [0.2, 0.25) is 0 Å². The molecule has 1 aromatic rings. The van der Waals surface area contributed by atoms with E-state index in [0.717, 1.165) is 23.7 Å². The second-order valence-corrected chi connectivity index (χ2v) is 5.06. The van der Waals surface area contributed by atoms with Crippen molar-refractivity contribution in [3.63, 3.8) is 0 Å². The summed E-state index contributed by atoms with van der Waals surface area (Å²) in [6, 6.07) is 3.79. The van der Waals surface area contributed by atoms with Crippen molar-refractivity contribution in [2.45, 2.75) is 31.1 Å². The van der Waals surface area contributed by atoms with E-state index in [1.807, 2.05) is 12.1 Å².